The Balaban J connectivity index is 1.46. The Labute approximate surface area is 233 Å². The molecule has 2 heterocycles. The molecular formula is C37H41NO. The lowest BCUT2D eigenvalue weighted by Crippen LogP contribution is -2.16. The molecule has 2 heteroatoms. The summed E-state index contributed by atoms with van der Waals surface area (Å²) in [4.78, 5) is 4.80. The molecular weight excluding hydrogens is 474 g/mol. The number of hydrogen-bond donors (Lipinski definition) is 0. The number of fused-ring (bicyclic) bond motifs is 3. The highest BCUT2D eigenvalue weighted by Gasteiger charge is 2.22. The van der Waals surface area contributed by atoms with Gasteiger partial charge in [0, 0.05) is 22.5 Å². The standard InChI is InChI=1S/C37H41NO/c1-36(2,3)28-19-27(20-29(23-28)37(4,5)6)25-15-16-30-31-13-10-14-32(35(31)39-34(30)22-25)33-21-26(17-18-38-33)24-11-8-7-9-12-24/h10,13-24H,7-9,11-12H2,1-6H3. The summed E-state index contributed by atoms with van der Waals surface area (Å²) in [6.07, 6.45) is 8.59. The third-order valence-electron chi connectivity index (χ3n) is 8.63. The van der Waals surface area contributed by atoms with Crippen LogP contribution in [-0.4, -0.2) is 4.98 Å². The average molecular weight is 516 g/mol. The topological polar surface area (TPSA) is 26.0 Å². The van der Waals surface area contributed by atoms with Gasteiger partial charge in [-0.15, -0.1) is 0 Å². The molecule has 1 fully saturated rings. The molecule has 0 saturated heterocycles. The molecule has 6 rings (SSSR count). The van der Waals surface area contributed by atoms with Crippen LogP contribution in [0.1, 0.15) is 96.3 Å². The van der Waals surface area contributed by atoms with Crippen LogP contribution >= 0.6 is 0 Å². The molecule has 1 saturated carbocycles. The summed E-state index contributed by atoms with van der Waals surface area (Å²) in [6.45, 7) is 13.7. The van der Waals surface area contributed by atoms with Crippen LogP contribution in [0.15, 0.2) is 77.3 Å². The summed E-state index contributed by atoms with van der Waals surface area (Å²) in [7, 11) is 0. The molecule has 0 N–H and O–H groups in total. The lowest BCUT2D eigenvalue weighted by atomic mass is 9.79. The zero-order chi connectivity index (χ0) is 27.4. The van der Waals surface area contributed by atoms with Gasteiger partial charge in [0.15, 0.2) is 0 Å². The smallest absolute Gasteiger partial charge is 0.144 e. The maximum atomic E-state index is 6.64. The Kier molecular flexibility index (Phi) is 6.41. The van der Waals surface area contributed by atoms with Gasteiger partial charge in [0.1, 0.15) is 11.2 Å². The second-order valence-electron chi connectivity index (χ2n) is 13.6. The van der Waals surface area contributed by atoms with E-state index >= 15 is 0 Å². The highest BCUT2D eigenvalue weighted by Crippen LogP contribution is 2.40. The molecule has 1 aliphatic rings. The molecule has 200 valence electrons. The van der Waals surface area contributed by atoms with Crippen molar-refractivity contribution < 1.29 is 4.42 Å². The van der Waals surface area contributed by atoms with Crippen molar-refractivity contribution in [2.45, 2.75) is 90.4 Å². The van der Waals surface area contributed by atoms with Gasteiger partial charge in [-0.3, -0.25) is 4.98 Å². The molecule has 1 aliphatic carbocycles. The van der Waals surface area contributed by atoms with Crippen LogP contribution in [0, 0.1) is 0 Å². The van der Waals surface area contributed by atoms with Crippen molar-refractivity contribution in [1.29, 1.82) is 0 Å². The van der Waals surface area contributed by atoms with E-state index in [1.807, 2.05) is 6.20 Å². The van der Waals surface area contributed by atoms with Gasteiger partial charge < -0.3 is 4.42 Å². The van der Waals surface area contributed by atoms with Gasteiger partial charge in [0.2, 0.25) is 0 Å². The van der Waals surface area contributed by atoms with Gasteiger partial charge in [-0.2, -0.15) is 0 Å². The number of para-hydroxylation sites is 1. The van der Waals surface area contributed by atoms with Crippen LogP contribution in [0.2, 0.25) is 0 Å². The van der Waals surface area contributed by atoms with Crippen LogP contribution in [0.5, 0.6) is 0 Å². The minimum absolute atomic E-state index is 0.0769. The normalized spacial score (nSPS) is 15.3. The number of nitrogens with zero attached hydrogens (tertiary/aromatic N) is 1. The van der Waals surface area contributed by atoms with Crippen molar-refractivity contribution in [3.63, 3.8) is 0 Å². The fourth-order valence-corrected chi connectivity index (χ4v) is 6.12. The lowest BCUT2D eigenvalue weighted by molar-refractivity contribution is 0.443. The van der Waals surface area contributed by atoms with Gasteiger partial charge >= 0.3 is 0 Å². The average Bonchev–Trinajstić information content (AvgIpc) is 3.30. The summed E-state index contributed by atoms with van der Waals surface area (Å²) in [5, 5.41) is 2.31. The van der Waals surface area contributed by atoms with Crippen molar-refractivity contribution >= 4 is 21.9 Å². The predicted molar refractivity (Wildman–Crippen MR) is 166 cm³/mol. The van der Waals surface area contributed by atoms with E-state index in [0.717, 1.165) is 33.2 Å². The largest absolute Gasteiger partial charge is 0.455 e. The van der Waals surface area contributed by atoms with E-state index in [2.05, 4.69) is 108 Å². The van der Waals surface area contributed by atoms with Crippen molar-refractivity contribution in [3.05, 3.63) is 89.6 Å². The Morgan fingerprint density at radius 3 is 2.10 bits per heavy atom. The minimum Gasteiger partial charge on any atom is -0.455 e. The summed E-state index contributed by atoms with van der Waals surface area (Å²) in [5.74, 6) is 0.653. The molecule has 0 radical (unpaired) electrons. The van der Waals surface area contributed by atoms with E-state index in [1.165, 1.54) is 59.9 Å². The first-order chi connectivity index (χ1) is 18.6. The molecule has 0 spiro atoms. The highest BCUT2D eigenvalue weighted by molar-refractivity contribution is 6.10. The van der Waals surface area contributed by atoms with Gasteiger partial charge in [0.05, 0.1) is 5.69 Å². The molecule has 0 bridgehead atoms. The maximum absolute atomic E-state index is 6.64. The van der Waals surface area contributed by atoms with Crippen LogP contribution in [0.3, 0.4) is 0 Å². The Morgan fingerprint density at radius 2 is 1.41 bits per heavy atom. The molecule has 2 aromatic heterocycles. The molecule has 39 heavy (non-hydrogen) atoms. The van der Waals surface area contributed by atoms with E-state index in [1.54, 1.807) is 0 Å². The third-order valence-corrected chi connectivity index (χ3v) is 8.63. The highest BCUT2D eigenvalue weighted by atomic mass is 16.3. The number of pyridine rings is 1. The predicted octanol–water partition coefficient (Wildman–Crippen LogP) is 11.0. The summed E-state index contributed by atoms with van der Waals surface area (Å²) >= 11 is 0. The summed E-state index contributed by atoms with van der Waals surface area (Å²) < 4.78 is 6.64. The van der Waals surface area contributed by atoms with Crippen molar-refractivity contribution in [3.8, 4) is 22.4 Å². The van der Waals surface area contributed by atoms with Gasteiger partial charge in [0.25, 0.3) is 0 Å². The van der Waals surface area contributed by atoms with Crippen molar-refractivity contribution in [1.82, 2.24) is 4.98 Å². The maximum Gasteiger partial charge on any atom is 0.144 e. The van der Waals surface area contributed by atoms with Crippen LogP contribution in [0.4, 0.5) is 0 Å². The molecule has 2 nitrogen and oxygen atoms in total. The number of rotatable bonds is 3. The molecule has 0 aliphatic heterocycles. The molecule has 5 aromatic rings. The molecule has 0 amide bonds. The number of hydrogen-bond acceptors (Lipinski definition) is 2. The van der Waals surface area contributed by atoms with E-state index in [4.69, 9.17) is 9.40 Å². The van der Waals surface area contributed by atoms with Crippen LogP contribution in [-0.2, 0) is 10.8 Å². The zero-order valence-corrected chi connectivity index (χ0v) is 24.4. The molecule has 3 aromatic carbocycles. The first-order valence-corrected chi connectivity index (χ1v) is 14.7. The first-order valence-electron chi connectivity index (χ1n) is 14.7. The Bertz CT molecular complexity index is 1620. The van der Waals surface area contributed by atoms with E-state index in [9.17, 15) is 0 Å². The van der Waals surface area contributed by atoms with Gasteiger partial charge in [-0.1, -0.05) is 97.2 Å². The van der Waals surface area contributed by atoms with Crippen molar-refractivity contribution in [2.75, 3.05) is 0 Å². The minimum atomic E-state index is 0.0769. The Hall–Kier alpha value is -3.39. The van der Waals surface area contributed by atoms with E-state index in [-0.39, 0.29) is 10.8 Å². The van der Waals surface area contributed by atoms with Crippen LogP contribution in [0.25, 0.3) is 44.3 Å². The number of aromatic nitrogens is 1. The number of benzene rings is 3. The van der Waals surface area contributed by atoms with E-state index in [0.29, 0.717) is 5.92 Å². The Morgan fingerprint density at radius 1 is 0.692 bits per heavy atom. The lowest BCUT2D eigenvalue weighted by Gasteiger charge is -2.26. The zero-order valence-electron chi connectivity index (χ0n) is 24.4. The molecule has 0 unspecified atom stereocenters. The van der Waals surface area contributed by atoms with Gasteiger partial charge in [-0.25, -0.2) is 0 Å². The SMILES string of the molecule is CC(C)(C)c1cc(-c2ccc3c(c2)oc2c(-c4cc(C5CCCCC5)ccn4)cccc23)cc(C(C)(C)C)c1. The molecule has 0 atom stereocenters. The monoisotopic (exact) mass is 515 g/mol. The third kappa shape index (κ3) is 5.02. The first kappa shape index (κ1) is 25.9. The van der Waals surface area contributed by atoms with Gasteiger partial charge in [-0.05, 0) is 87.7 Å². The summed E-state index contributed by atoms with van der Waals surface area (Å²) in [6, 6.07) is 24.8. The van der Waals surface area contributed by atoms with Crippen LogP contribution < -0.4 is 0 Å². The fourth-order valence-electron chi connectivity index (χ4n) is 6.12. The summed E-state index contributed by atoms with van der Waals surface area (Å²) in [5.41, 5.74) is 10.7. The van der Waals surface area contributed by atoms with Crippen molar-refractivity contribution in [2.24, 2.45) is 0 Å². The quantitative estimate of drug-likeness (QED) is 0.239. The second-order valence-corrected chi connectivity index (χ2v) is 13.6. The second kappa shape index (κ2) is 9.66. The number of furan rings is 1. The van der Waals surface area contributed by atoms with E-state index < -0.39 is 0 Å². The fraction of sp³-hybridized carbons (Fsp3) is 0.378.